The molecule has 0 fully saturated rings. The molecule has 16 heteroatoms. The van der Waals surface area contributed by atoms with Crippen LogP contribution in [0.2, 0.25) is 0 Å². The molecule has 0 aliphatic rings. The van der Waals surface area contributed by atoms with Crippen LogP contribution in [0, 0.1) is 11.7 Å². The first kappa shape index (κ1) is 36.1. The first-order chi connectivity index (χ1) is 24.3. The van der Waals surface area contributed by atoms with Crippen molar-refractivity contribution in [2.24, 2.45) is 5.92 Å². The van der Waals surface area contributed by atoms with E-state index in [2.05, 4.69) is 25.8 Å². The van der Waals surface area contributed by atoms with E-state index >= 15 is 0 Å². The molecule has 0 bridgehead atoms. The third-order valence-electron chi connectivity index (χ3n) is 7.46. The summed E-state index contributed by atoms with van der Waals surface area (Å²) in [4.78, 5) is 61.3. The molecule has 1 atom stereocenters. The van der Waals surface area contributed by atoms with Gasteiger partial charge in [0.2, 0.25) is 23.4 Å². The number of aromatic nitrogens is 4. The standard InChI is InChI=1S/C35H30F4N6O6/c1-20(2)29(30(47)31-43-28(51-44-31)16-22-9-6-10-24(15-22)35(37,38)39)42-27(46)18-45-32(23-11-13-25(36)14-12-23)40-17-26(33(45)48)41-34(49)50-19-21-7-4-3-5-8-21/h3-15,17,20,29H,16,18-19H2,1-2H3,(H,41,49)(H,42,46). The van der Waals surface area contributed by atoms with Gasteiger partial charge in [-0.05, 0) is 47.4 Å². The normalized spacial score (nSPS) is 12.0. The Balaban J connectivity index is 1.33. The number of hydrogen-bond donors (Lipinski definition) is 2. The summed E-state index contributed by atoms with van der Waals surface area (Å²) in [5, 5.41) is 8.56. The van der Waals surface area contributed by atoms with Crippen molar-refractivity contribution in [3.05, 3.63) is 130 Å². The number of anilines is 1. The molecule has 2 aromatic heterocycles. The number of benzene rings is 3. The highest BCUT2D eigenvalue weighted by Gasteiger charge is 2.32. The van der Waals surface area contributed by atoms with E-state index < -0.39 is 65.2 Å². The van der Waals surface area contributed by atoms with Gasteiger partial charge in [0.05, 0.1) is 24.2 Å². The van der Waals surface area contributed by atoms with Crippen LogP contribution in [-0.2, 0) is 35.3 Å². The monoisotopic (exact) mass is 706 g/mol. The molecule has 1 unspecified atom stereocenters. The summed E-state index contributed by atoms with van der Waals surface area (Å²) in [5.74, 6) is -3.22. The van der Waals surface area contributed by atoms with Gasteiger partial charge in [-0.25, -0.2) is 14.2 Å². The molecule has 3 aromatic carbocycles. The van der Waals surface area contributed by atoms with Crippen molar-refractivity contribution in [1.82, 2.24) is 25.0 Å². The Hall–Kier alpha value is -6.19. The average Bonchev–Trinajstić information content (AvgIpc) is 3.57. The van der Waals surface area contributed by atoms with Gasteiger partial charge in [-0.2, -0.15) is 18.2 Å². The van der Waals surface area contributed by atoms with Crippen LogP contribution in [0.1, 0.15) is 47.0 Å². The van der Waals surface area contributed by atoms with E-state index in [9.17, 15) is 36.7 Å². The zero-order chi connectivity index (χ0) is 36.7. The number of Topliss-reactive ketones (excluding diaryl/α,β-unsaturated/α-hetero) is 1. The summed E-state index contributed by atoms with van der Waals surface area (Å²) >= 11 is 0. The average molecular weight is 707 g/mol. The van der Waals surface area contributed by atoms with Crippen molar-refractivity contribution in [2.45, 2.75) is 45.6 Å². The second-order valence-corrected chi connectivity index (χ2v) is 11.6. The molecular formula is C35H30F4N6O6. The van der Waals surface area contributed by atoms with Crippen molar-refractivity contribution >= 4 is 23.5 Å². The Morgan fingerprint density at radius 1 is 0.961 bits per heavy atom. The van der Waals surface area contributed by atoms with Crippen LogP contribution in [0.25, 0.3) is 11.4 Å². The third-order valence-corrected chi connectivity index (χ3v) is 7.46. The van der Waals surface area contributed by atoms with E-state index in [-0.39, 0.29) is 41.6 Å². The molecule has 12 nitrogen and oxygen atoms in total. The molecule has 0 spiro atoms. The van der Waals surface area contributed by atoms with Crippen LogP contribution in [0.3, 0.4) is 0 Å². The predicted molar refractivity (Wildman–Crippen MR) is 174 cm³/mol. The van der Waals surface area contributed by atoms with Crippen LogP contribution in [-0.4, -0.2) is 43.5 Å². The number of hydrogen-bond acceptors (Lipinski definition) is 9. The highest BCUT2D eigenvalue weighted by molar-refractivity contribution is 5.99. The molecule has 0 aliphatic carbocycles. The molecule has 0 aliphatic heterocycles. The lowest BCUT2D eigenvalue weighted by Gasteiger charge is -2.21. The predicted octanol–water partition coefficient (Wildman–Crippen LogP) is 5.81. The highest BCUT2D eigenvalue weighted by atomic mass is 19.4. The van der Waals surface area contributed by atoms with Gasteiger partial charge in [-0.15, -0.1) is 0 Å². The maximum atomic E-state index is 13.7. The lowest BCUT2D eigenvalue weighted by atomic mass is 9.99. The molecule has 5 aromatic rings. The van der Waals surface area contributed by atoms with Gasteiger partial charge in [0, 0.05) is 5.56 Å². The number of carbonyl (C=O) groups is 3. The maximum Gasteiger partial charge on any atom is 0.416 e. The zero-order valence-corrected chi connectivity index (χ0v) is 27.1. The van der Waals surface area contributed by atoms with Gasteiger partial charge in [-0.1, -0.05) is 67.5 Å². The van der Waals surface area contributed by atoms with E-state index in [1.807, 2.05) is 0 Å². The largest absolute Gasteiger partial charge is 0.444 e. The molecule has 0 saturated heterocycles. The first-order valence-corrected chi connectivity index (χ1v) is 15.4. The summed E-state index contributed by atoms with van der Waals surface area (Å²) in [7, 11) is 0. The fraction of sp³-hybridized carbons (Fsp3) is 0.229. The molecule has 2 N–H and O–H groups in total. The number of amides is 2. The number of nitrogens with zero attached hydrogens (tertiary/aromatic N) is 4. The summed E-state index contributed by atoms with van der Waals surface area (Å²) in [6, 6.07) is 17.1. The minimum absolute atomic E-state index is 0.0387. The molecule has 51 heavy (non-hydrogen) atoms. The van der Waals surface area contributed by atoms with Crippen molar-refractivity contribution < 1.29 is 41.2 Å². The fourth-order valence-electron chi connectivity index (χ4n) is 4.92. The minimum atomic E-state index is -4.55. The molecule has 2 amide bonds. The lowest BCUT2D eigenvalue weighted by Crippen LogP contribution is -2.47. The number of ketones is 1. The van der Waals surface area contributed by atoms with Crippen molar-refractivity contribution in [1.29, 1.82) is 0 Å². The van der Waals surface area contributed by atoms with E-state index in [4.69, 9.17) is 9.26 Å². The Morgan fingerprint density at radius 2 is 1.67 bits per heavy atom. The second-order valence-electron chi connectivity index (χ2n) is 11.6. The topological polar surface area (TPSA) is 158 Å². The van der Waals surface area contributed by atoms with E-state index in [1.165, 1.54) is 24.3 Å². The Morgan fingerprint density at radius 3 is 2.35 bits per heavy atom. The van der Waals surface area contributed by atoms with Crippen molar-refractivity contribution in [2.75, 3.05) is 5.32 Å². The maximum absolute atomic E-state index is 13.7. The molecular weight excluding hydrogens is 676 g/mol. The first-order valence-electron chi connectivity index (χ1n) is 15.4. The summed E-state index contributed by atoms with van der Waals surface area (Å²) in [6.07, 6.45) is -4.62. The van der Waals surface area contributed by atoms with Gasteiger partial charge < -0.3 is 14.6 Å². The van der Waals surface area contributed by atoms with Gasteiger partial charge >= 0.3 is 12.3 Å². The van der Waals surface area contributed by atoms with E-state index in [1.54, 1.807) is 44.2 Å². The highest BCUT2D eigenvalue weighted by Crippen LogP contribution is 2.30. The molecule has 0 saturated carbocycles. The number of nitrogens with one attached hydrogen (secondary N) is 2. The number of rotatable bonds is 12. The van der Waals surface area contributed by atoms with Crippen molar-refractivity contribution in [3.63, 3.8) is 0 Å². The Bertz CT molecular complexity index is 2080. The molecule has 264 valence electrons. The van der Waals surface area contributed by atoms with Crippen LogP contribution in [0.5, 0.6) is 0 Å². The van der Waals surface area contributed by atoms with Gasteiger partial charge in [-0.3, -0.25) is 24.3 Å². The van der Waals surface area contributed by atoms with Gasteiger partial charge in [0.1, 0.15) is 30.5 Å². The quantitative estimate of drug-likeness (QED) is 0.121. The number of ether oxygens (including phenoxy) is 1. The summed E-state index contributed by atoms with van der Waals surface area (Å²) in [6.45, 7) is 2.50. The Labute approximate surface area is 287 Å². The summed E-state index contributed by atoms with van der Waals surface area (Å²) < 4.78 is 64.3. The van der Waals surface area contributed by atoms with Crippen LogP contribution in [0.15, 0.2) is 94.4 Å². The number of carbonyl (C=O) groups excluding carboxylic acids is 3. The van der Waals surface area contributed by atoms with E-state index in [0.717, 1.165) is 35.0 Å². The van der Waals surface area contributed by atoms with Crippen molar-refractivity contribution in [3.8, 4) is 11.4 Å². The summed E-state index contributed by atoms with van der Waals surface area (Å²) in [5.41, 5.74) is -0.827. The third kappa shape index (κ3) is 9.29. The van der Waals surface area contributed by atoms with Crippen LogP contribution in [0.4, 0.5) is 28.0 Å². The minimum Gasteiger partial charge on any atom is -0.444 e. The fourth-order valence-corrected chi connectivity index (χ4v) is 4.92. The Kier molecular flexibility index (Phi) is 11.0. The van der Waals surface area contributed by atoms with Crippen LogP contribution >= 0.6 is 0 Å². The number of halogens is 4. The zero-order valence-electron chi connectivity index (χ0n) is 27.1. The van der Waals surface area contributed by atoms with Crippen LogP contribution < -0.4 is 16.2 Å². The number of alkyl halides is 3. The lowest BCUT2D eigenvalue weighted by molar-refractivity contribution is -0.137. The SMILES string of the molecule is CC(C)C(NC(=O)Cn1c(-c2ccc(F)cc2)ncc(NC(=O)OCc2ccccc2)c1=O)C(=O)c1noc(Cc2cccc(C(F)(F)F)c2)n1. The molecule has 5 rings (SSSR count). The second kappa shape index (κ2) is 15.6. The smallest absolute Gasteiger partial charge is 0.416 e. The molecule has 2 heterocycles. The van der Waals surface area contributed by atoms with Gasteiger partial charge in [0.15, 0.2) is 0 Å². The van der Waals surface area contributed by atoms with Gasteiger partial charge in [0.25, 0.3) is 5.56 Å². The van der Waals surface area contributed by atoms with E-state index in [0.29, 0.717) is 5.56 Å². The molecule has 0 radical (unpaired) electrons.